The van der Waals surface area contributed by atoms with Crippen LogP contribution in [0, 0.1) is 0 Å². The zero-order valence-electron chi connectivity index (χ0n) is 27.9. The number of fused-ring (bicyclic) bond motifs is 1. The minimum Gasteiger partial charge on any atom is -0.444 e. The number of carbonyl (C=O) groups excluding carboxylic acids is 2. The van der Waals surface area contributed by atoms with Gasteiger partial charge in [0.15, 0.2) is 15.7 Å². The van der Waals surface area contributed by atoms with E-state index in [0.29, 0.717) is 17.7 Å². The molecule has 50 heavy (non-hydrogen) atoms. The summed E-state index contributed by atoms with van der Waals surface area (Å²) in [6.07, 6.45) is -1.48. The van der Waals surface area contributed by atoms with E-state index >= 15 is 0 Å². The Morgan fingerprint density at radius 3 is 2.58 bits per heavy atom. The van der Waals surface area contributed by atoms with Crippen molar-refractivity contribution in [3.8, 4) is 11.5 Å². The highest BCUT2D eigenvalue weighted by Crippen LogP contribution is 2.38. The smallest absolute Gasteiger partial charge is 0.408 e. The molecule has 2 aliphatic heterocycles. The van der Waals surface area contributed by atoms with Crippen molar-refractivity contribution in [2.45, 2.75) is 62.1 Å². The summed E-state index contributed by atoms with van der Waals surface area (Å²) >= 11 is 0. The number of nitrogens with one attached hydrogen (secondary N) is 1. The molecule has 0 bridgehead atoms. The molecule has 1 unspecified atom stereocenters. The van der Waals surface area contributed by atoms with Crippen molar-refractivity contribution in [3.63, 3.8) is 0 Å². The molecule has 0 aliphatic carbocycles. The minimum atomic E-state index is -4.19. The van der Waals surface area contributed by atoms with Crippen LogP contribution in [0.25, 0.3) is 11.5 Å². The van der Waals surface area contributed by atoms with E-state index in [-0.39, 0.29) is 53.5 Å². The van der Waals surface area contributed by atoms with Gasteiger partial charge in [-0.05, 0) is 44.5 Å². The molecule has 0 saturated carbocycles. The number of carbonyl (C=O) groups is 2. The molecule has 4 N–H and O–H groups in total. The molecule has 270 valence electrons. The van der Waals surface area contributed by atoms with Gasteiger partial charge in [-0.2, -0.15) is 0 Å². The predicted octanol–water partition coefficient (Wildman–Crippen LogP) is 3.12. The lowest BCUT2D eigenvalue weighted by atomic mass is 9.95. The number of alkyl halides is 2. The number of nitrogens with zero attached hydrogens (tertiary/aromatic N) is 5. The molecule has 2 atom stereocenters. The van der Waals surface area contributed by atoms with E-state index in [1.165, 1.54) is 30.2 Å². The second kappa shape index (κ2) is 14.3. The van der Waals surface area contributed by atoms with Crippen LogP contribution in [0.3, 0.4) is 0 Å². The quantitative estimate of drug-likeness (QED) is 0.126. The number of nitrogens with two attached hydrogens (primary N) is 1. The lowest BCUT2D eigenvalue weighted by molar-refractivity contribution is -0.120. The molecule has 1 fully saturated rings. The number of oxime groups is 1. The van der Waals surface area contributed by atoms with Gasteiger partial charge >= 0.3 is 6.09 Å². The number of benzene rings is 2. The number of piperidine rings is 1. The molecular weight excluding hydrogens is 680 g/mol. The number of amides is 2. The maximum absolute atomic E-state index is 14.7. The average molecular weight is 720 g/mol. The van der Waals surface area contributed by atoms with Crippen LogP contribution in [0.1, 0.15) is 50.1 Å². The molecule has 0 spiro atoms. The number of alkyl carbamates (subject to hydrolysis) is 1. The standard InChI is InChI=1S/C32H39F2N7O8S/c1-31(2,3)49-30(43)36-23-17-50(45,46)25-10-9-21(13-24(25)41(29(23)42)15-19-5-7-20(8-6-19)26(35)39-44)27-37-38-28(48-27)22-14-32(33,34)18-40(16-22)11-12-47-4/h5-10,13,22-23,44H,11-12,14-18H2,1-4H3,(H2,35,39)(H,36,43)/t22?,23-/m0/s1. The summed E-state index contributed by atoms with van der Waals surface area (Å²) < 4.78 is 73.0. The number of halogens is 2. The van der Waals surface area contributed by atoms with Gasteiger partial charge < -0.3 is 35.0 Å². The number of likely N-dealkylation sites (tertiary alicyclic amines) is 1. The molecule has 5 rings (SSSR count). The van der Waals surface area contributed by atoms with Crippen LogP contribution in [0.2, 0.25) is 0 Å². The highest BCUT2D eigenvalue weighted by atomic mass is 32.2. The van der Waals surface area contributed by atoms with Crippen LogP contribution < -0.4 is 16.0 Å². The highest BCUT2D eigenvalue weighted by molar-refractivity contribution is 7.91. The third-order valence-corrected chi connectivity index (χ3v) is 9.84. The summed E-state index contributed by atoms with van der Waals surface area (Å²) in [7, 11) is -2.70. The van der Waals surface area contributed by atoms with Crippen LogP contribution >= 0.6 is 0 Å². The first-order valence-electron chi connectivity index (χ1n) is 15.7. The summed E-state index contributed by atoms with van der Waals surface area (Å²) in [4.78, 5) is 29.4. The fraction of sp³-hybridized carbons (Fsp3) is 0.469. The Hall–Kier alpha value is -4.68. The average Bonchev–Trinajstić information content (AvgIpc) is 3.52. The topological polar surface area (TPSA) is 203 Å². The van der Waals surface area contributed by atoms with Gasteiger partial charge in [-0.25, -0.2) is 22.0 Å². The summed E-state index contributed by atoms with van der Waals surface area (Å²) in [6.45, 7) is 5.10. The van der Waals surface area contributed by atoms with Gasteiger partial charge in [0.05, 0.1) is 42.0 Å². The molecule has 2 amide bonds. The van der Waals surface area contributed by atoms with E-state index < -0.39 is 64.0 Å². The maximum Gasteiger partial charge on any atom is 0.408 e. The van der Waals surface area contributed by atoms with Crippen molar-refractivity contribution in [3.05, 3.63) is 59.5 Å². The van der Waals surface area contributed by atoms with Crippen LogP contribution in [-0.2, 0) is 30.7 Å². The monoisotopic (exact) mass is 719 g/mol. The van der Waals surface area contributed by atoms with Gasteiger partial charge in [-0.15, -0.1) is 10.2 Å². The molecule has 1 saturated heterocycles. The number of rotatable bonds is 9. The number of amidine groups is 1. The summed E-state index contributed by atoms with van der Waals surface area (Å²) in [5.41, 5.74) is 5.90. The zero-order valence-corrected chi connectivity index (χ0v) is 28.7. The van der Waals surface area contributed by atoms with Gasteiger partial charge in [0.1, 0.15) is 11.6 Å². The van der Waals surface area contributed by atoms with Crippen molar-refractivity contribution in [1.29, 1.82) is 0 Å². The summed E-state index contributed by atoms with van der Waals surface area (Å²) in [5, 5.41) is 22.5. The first kappa shape index (κ1) is 36.6. The lowest BCUT2D eigenvalue weighted by Gasteiger charge is -2.36. The number of hydrogen-bond donors (Lipinski definition) is 3. The van der Waals surface area contributed by atoms with Crippen LogP contribution in [0.4, 0.5) is 19.3 Å². The van der Waals surface area contributed by atoms with Crippen molar-refractivity contribution in [2.75, 3.05) is 44.0 Å². The van der Waals surface area contributed by atoms with Crippen molar-refractivity contribution in [1.82, 2.24) is 20.4 Å². The number of ether oxygens (including phenoxy) is 2. The first-order valence-corrected chi connectivity index (χ1v) is 17.3. The second-order valence-electron chi connectivity index (χ2n) is 13.2. The van der Waals surface area contributed by atoms with E-state index in [2.05, 4.69) is 20.7 Å². The molecule has 0 radical (unpaired) electrons. The normalized spacial score (nSPS) is 21.0. The van der Waals surface area contributed by atoms with E-state index in [1.807, 2.05) is 0 Å². The zero-order chi connectivity index (χ0) is 36.4. The third kappa shape index (κ3) is 8.54. The number of sulfone groups is 1. The Balaban J connectivity index is 1.52. The first-order chi connectivity index (χ1) is 23.5. The van der Waals surface area contributed by atoms with Crippen molar-refractivity contribution < 1.29 is 45.9 Å². The molecule has 1 aromatic heterocycles. The SMILES string of the molecule is COCCN1CC(c2nnc(-c3ccc4c(c3)N(Cc3ccc(/C(N)=N/O)cc3)C(=O)[C@@H](NC(=O)OC(C)(C)C)CS4(=O)=O)o2)CC(F)(F)C1. The number of aromatic nitrogens is 2. The van der Waals surface area contributed by atoms with E-state index in [0.717, 1.165) is 0 Å². The molecule has 3 heterocycles. The van der Waals surface area contributed by atoms with E-state index in [4.69, 9.17) is 24.8 Å². The molecule has 3 aromatic rings. The third-order valence-electron chi connectivity index (χ3n) is 8.05. The largest absolute Gasteiger partial charge is 0.444 e. The van der Waals surface area contributed by atoms with Gasteiger partial charge in [0.2, 0.25) is 11.8 Å². The molecule has 15 nitrogen and oxygen atoms in total. The molecule has 2 aliphatic rings. The molecular formula is C32H39F2N7O8S. The lowest BCUT2D eigenvalue weighted by Crippen LogP contribution is -2.51. The van der Waals surface area contributed by atoms with Crippen molar-refractivity contribution in [2.24, 2.45) is 10.9 Å². The maximum atomic E-state index is 14.7. The summed E-state index contributed by atoms with van der Waals surface area (Å²) in [6, 6.07) is 8.92. The summed E-state index contributed by atoms with van der Waals surface area (Å²) in [5.74, 6) is -5.49. The van der Waals surface area contributed by atoms with Gasteiger partial charge in [-0.3, -0.25) is 9.69 Å². The van der Waals surface area contributed by atoms with E-state index in [1.54, 1.807) is 49.9 Å². The van der Waals surface area contributed by atoms with Crippen LogP contribution in [0.15, 0.2) is 56.9 Å². The number of methoxy groups -OCH3 is 1. The number of anilines is 1. The Morgan fingerprint density at radius 2 is 1.92 bits per heavy atom. The van der Waals surface area contributed by atoms with Crippen molar-refractivity contribution >= 4 is 33.4 Å². The Kier molecular flexibility index (Phi) is 10.5. The predicted molar refractivity (Wildman–Crippen MR) is 176 cm³/mol. The van der Waals surface area contributed by atoms with Crippen LogP contribution in [0.5, 0.6) is 0 Å². The Labute approximate surface area is 287 Å². The van der Waals surface area contributed by atoms with Crippen LogP contribution in [-0.4, -0.2) is 103 Å². The fourth-order valence-corrected chi connectivity index (χ4v) is 7.42. The molecule has 2 aromatic carbocycles. The van der Waals surface area contributed by atoms with E-state index in [9.17, 15) is 26.8 Å². The Bertz CT molecular complexity index is 1860. The minimum absolute atomic E-state index is 0.00954. The number of hydrogen-bond acceptors (Lipinski definition) is 12. The fourth-order valence-electron chi connectivity index (χ4n) is 5.81. The Morgan fingerprint density at radius 1 is 1.20 bits per heavy atom. The molecule has 18 heteroatoms. The van der Waals surface area contributed by atoms with Gasteiger partial charge in [-0.1, -0.05) is 29.4 Å². The van der Waals surface area contributed by atoms with Gasteiger partial charge in [0, 0.05) is 37.7 Å². The van der Waals surface area contributed by atoms with Gasteiger partial charge in [0.25, 0.3) is 11.8 Å². The highest BCUT2D eigenvalue weighted by Gasteiger charge is 2.43. The second-order valence-corrected chi connectivity index (χ2v) is 15.2.